The fraction of sp³-hybridized carbons (Fsp3) is 0.478. The number of rotatable bonds is 7. The molecule has 0 amide bonds. The van der Waals surface area contributed by atoms with Crippen LogP contribution in [0.25, 0.3) is 0 Å². The molecule has 2 aromatic carbocycles. The summed E-state index contributed by atoms with van der Waals surface area (Å²) in [5, 5.41) is 10.9. The van der Waals surface area contributed by atoms with Gasteiger partial charge < -0.3 is 14.6 Å². The first kappa shape index (κ1) is 19.7. The Kier molecular flexibility index (Phi) is 6.73. The Morgan fingerprint density at radius 2 is 1.70 bits per heavy atom. The number of halogens is 1. The van der Waals surface area contributed by atoms with Crippen molar-refractivity contribution in [2.24, 2.45) is 11.8 Å². The van der Waals surface area contributed by atoms with Crippen LogP contribution in [-0.2, 0) is 6.42 Å². The van der Waals surface area contributed by atoms with Gasteiger partial charge >= 0.3 is 0 Å². The lowest BCUT2D eigenvalue weighted by atomic mass is 9.76. The number of aliphatic hydroxyl groups is 1. The number of benzene rings is 2. The summed E-state index contributed by atoms with van der Waals surface area (Å²) < 4.78 is 23.8. The molecule has 0 aliphatic heterocycles. The molecule has 0 bridgehead atoms. The van der Waals surface area contributed by atoms with E-state index in [2.05, 4.69) is 0 Å². The van der Waals surface area contributed by atoms with Crippen LogP contribution in [0, 0.1) is 17.7 Å². The quantitative estimate of drug-likeness (QED) is 0.715. The maximum Gasteiger partial charge on any atom is 0.166 e. The number of aryl methyl sites for hydroxylation is 1. The van der Waals surface area contributed by atoms with E-state index in [4.69, 9.17) is 9.47 Å². The Balaban J connectivity index is 1.55. The van der Waals surface area contributed by atoms with Gasteiger partial charge in [-0.05, 0) is 61.3 Å². The number of hydrogen-bond acceptors (Lipinski definition) is 3. The van der Waals surface area contributed by atoms with E-state index >= 15 is 0 Å². The summed E-state index contributed by atoms with van der Waals surface area (Å²) in [6, 6.07) is 12.5. The lowest BCUT2D eigenvalue weighted by Gasteiger charge is -2.32. The normalized spacial score (nSPS) is 20.9. The van der Waals surface area contributed by atoms with Crippen LogP contribution in [0.4, 0.5) is 4.39 Å². The molecule has 0 radical (unpaired) electrons. The minimum Gasteiger partial charge on any atom is -0.493 e. The topological polar surface area (TPSA) is 38.7 Å². The van der Waals surface area contributed by atoms with Crippen molar-refractivity contribution < 1.29 is 19.0 Å². The highest BCUT2D eigenvalue weighted by atomic mass is 19.1. The summed E-state index contributed by atoms with van der Waals surface area (Å²) in [6.45, 7) is 0. The third-order valence-electron chi connectivity index (χ3n) is 5.84. The van der Waals surface area contributed by atoms with Gasteiger partial charge in [-0.3, -0.25) is 0 Å². The van der Waals surface area contributed by atoms with E-state index in [-0.39, 0.29) is 11.7 Å². The molecular weight excluding hydrogens is 343 g/mol. The Morgan fingerprint density at radius 3 is 2.33 bits per heavy atom. The number of aliphatic hydroxyl groups excluding tert-OH is 1. The average molecular weight is 372 g/mol. The van der Waals surface area contributed by atoms with Gasteiger partial charge in [0.2, 0.25) is 0 Å². The second-order valence-electron chi connectivity index (χ2n) is 7.47. The molecule has 2 aromatic rings. The first-order valence-corrected chi connectivity index (χ1v) is 9.75. The highest BCUT2D eigenvalue weighted by molar-refractivity contribution is 5.47. The molecular formula is C23H29FO3. The monoisotopic (exact) mass is 372 g/mol. The van der Waals surface area contributed by atoms with Gasteiger partial charge in [-0.15, -0.1) is 0 Å². The largest absolute Gasteiger partial charge is 0.493 e. The predicted octanol–water partition coefficient (Wildman–Crippen LogP) is 5.32. The van der Waals surface area contributed by atoms with Crippen molar-refractivity contribution in [3.8, 4) is 11.5 Å². The SMILES string of the molecule is COc1cccc([C@H](O)C2CCC(CCc3ccc(F)cc3)CC2)c1OC. The maximum atomic E-state index is 13.0. The van der Waals surface area contributed by atoms with Crippen LogP contribution in [0.15, 0.2) is 42.5 Å². The van der Waals surface area contributed by atoms with Crippen molar-refractivity contribution in [3.63, 3.8) is 0 Å². The zero-order valence-corrected chi connectivity index (χ0v) is 16.2. The van der Waals surface area contributed by atoms with E-state index in [1.54, 1.807) is 14.2 Å². The summed E-state index contributed by atoms with van der Waals surface area (Å²) >= 11 is 0. The molecule has 0 aromatic heterocycles. The third-order valence-corrected chi connectivity index (χ3v) is 5.84. The number of ether oxygens (including phenoxy) is 2. The molecule has 1 fully saturated rings. The average Bonchev–Trinajstić information content (AvgIpc) is 2.72. The molecule has 1 aliphatic rings. The molecule has 1 aliphatic carbocycles. The van der Waals surface area contributed by atoms with Crippen LogP contribution >= 0.6 is 0 Å². The van der Waals surface area contributed by atoms with Gasteiger partial charge in [0.25, 0.3) is 0 Å². The fourth-order valence-corrected chi connectivity index (χ4v) is 4.21. The summed E-state index contributed by atoms with van der Waals surface area (Å²) in [5.74, 6) is 2.02. The van der Waals surface area contributed by atoms with Gasteiger partial charge in [0.15, 0.2) is 11.5 Å². The van der Waals surface area contributed by atoms with Crippen molar-refractivity contribution in [2.45, 2.75) is 44.6 Å². The van der Waals surface area contributed by atoms with E-state index in [1.807, 2.05) is 30.3 Å². The Morgan fingerprint density at radius 1 is 1.00 bits per heavy atom. The van der Waals surface area contributed by atoms with Gasteiger partial charge in [-0.1, -0.05) is 37.1 Å². The van der Waals surface area contributed by atoms with Crippen LogP contribution < -0.4 is 9.47 Å². The summed E-state index contributed by atoms with van der Waals surface area (Å²) in [6.07, 6.45) is 5.84. The molecule has 4 heteroatoms. The maximum absolute atomic E-state index is 13.0. The number of hydrogen-bond donors (Lipinski definition) is 1. The van der Waals surface area contributed by atoms with Crippen LogP contribution in [0.5, 0.6) is 11.5 Å². The molecule has 0 unspecified atom stereocenters. The van der Waals surface area contributed by atoms with E-state index in [0.29, 0.717) is 17.4 Å². The van der Waals surface area contributed by atoms with E-state index in [1.165, 1.54) is 17.7 Å². The lowest BCUT2D eigenvalue weighted by Crippen LogP contribution is -2.21. The number of methoxy groups -OCH3 is 2. The van der Waals surface area contributed by atoms with Crippen molar-refractivity contribution in [3.05, 3.63) is 59.4 Å². The highest BCUT2D eigenvalue weighted by Gasteiger charge is 2.29. The first-order valence-electron chi connectivity index (χ1n) is 9.75. The molecule has 1 N–H and O–H groups in total. The predicted molar refractivity (Wildman–Crippen MR) is 105 cm³/mol. The van der Waals surface area contributed by atoms with Crippen molar-refractivity contribution in [1.82, 2.24) is 0 Å². The molecule has 27 heavy (non-hydrogen) atoms. The minimum absolute atomic E-state index is 0.179. The smallest absolute Gasteiger partial charge is 0.166 e. The standard InChI is InChI=1S/C23H29FO3/c1-26-21-5-3-4-20(23(21)27-2)22(25)18-12-8-16(9-13-18)6-7-17-10-14-19(24)15-11-17/h3-5,10-11,14-16,18,22,25H,6-9,12-13H2,1-2H3/t16?,18?,22-/m1/s1. The van der Waals surface area contributed by atoms with Crippen molar-refractivity contribution in [1.29, 1.82) is 0 Å². The third kappa shape index (κ3) is 4.81. The second-order valence-corrected chi connectivity index (χ2v) is 7.47. The summed E-state index contributed by atoms with van der Waals surface area (Å²) in [5.41, 5.74) is 2.01. The van der Waals surface area contributed by atoms with Gasteiger partial charge in [0.1, 0.15) is 5.82 Å². The molecule has 0 spiro atoms. The fourth-order valence-electron chi connectivity index (χ4n) is 4.21. The van der Waals surface area contributed by atoms with Crippen molar-refractivity contribution in [2.75, 3.05) is 14.2 Å². The van der Waals surface area contributed by atoms with Crippen molar-refractivity contribution >= 4 is 0 Å². The number of para-hydroxylation sites is 1. The van der Waals surface area contributed by atoms with Crippen LogP contribution in [-0.4, -0.2) is 19.3 Å². The van der Waals surface area contributed by atoms with Crippen LogP contribution in [0.1, 0.15) is 49.3 Å². The zero-order chi connectivity index (χ0) is 19.2. The zero-order valence-electron chi connectivity index (χ0n) is 16.2. The summed E-state index contributed by atoms with van der Waals surface area (Å²) in [4.78, 5) is 0. The molecule has 1 atom stereocenters. The summed E-state index contributed by atoms with van der Waals surface area (Å²) in [7, 11) is 3.22. The van der Waals surface area contributed by atoms with E-state index in [9.17, 15) is 9.50 Å². The van der Waals surface area contributed by atoms with Crippen LogP contribution in [0.3, 0.4) is 0 Å². The molecule has 0 heterocycles. The van der Waals surface area contributed by atoms with Gasteiger partial charge in [0, 0.05) is 5.56 Å². The molecule has 3 rings (SSSR count). The van der Waals surface area contributed by atoms with Gasteiger partial charge in [-0.2, -0.15) is 0 Å². The molecule has 146 valence electrons. The van der Waals surface area contributed by atoms with E-state index in [0.717, 1.165) is 44.1 Å². The Hall–Kier alpha value is -2.07. The van der Waals surface area contributed by atoms with Gasteiger partial charge in [0.05, 0.1) is 20.3 Å². The minimum atomic E-state index is -0.534. The Bertz CT molecular complexity index is 721. The molecule has 3 nitrogen and oxygen atoms in total. The second kappa shape index (κ2) is 9.23. The van der Waals surface area contributed by atoms with Gasteiger partial charge in [-0.25, -0.2) is 4.39 Å². The Labute approximate surface area is 161 Å². The lowest BCUT2D eigenvalue weighted by molar-refractivity contribution is 0.0699. The highest BCUT2D eigenvalue weighted by Crippen LogP contribution is 2.43. The first-order chi connectivity index (χ1) is 13.1. The molecule has 0 saturated heterocycles. The van der Waals surface area contributed by atoms with Crippen LogP contribution in [0.2, 0.25) is 0 Å². The van der Waals surface area contributed by atoms with E-state index < -0.39 is 6.10 Å². The molecule has 1 saturated carbocycles.